The highest BCUT2D eigenvalue weighted by molar-refractivity contribution is 5.84. The molecule has 0 saturated carbocycles. The summed E-state index contributed by atoms with van der Waals surface area (Å²) < 4.78 is 0. The van der Waals surface area contributed by atoms with E-state index >= 15 is 0 Å². The first kappa shape index (κ1) is 16.9. The van der Waals surface area contributed by atoms with Crippen molar-refractivity contribution < 1.29 is 9.59 Å². The number of nitrogens with one attached hydrogen (secondary N) is 1. The number of rotatable bonds is 5. The number of amides is 2. The van der Waals surface area contributed by atoms with Crippen LogP contribution in [-0.4, -0.2) is 36.9 Å². The normalized spacial score (nSPS) is 15.2. The maximum atomic E-state index is 12.1. The Bertz CT molecular complexity index is 309. The van der Waals surface area contributed by atoms with Crippen LogP contribution in [0.25, 0.3) is 0 Å². The van der Waals surface area contributed by atoms with Gasteiger partial charge in [0.1, 0.15) is 0 Å². The van der Waals surface area contributed by atoms with Gasteiger partial charge in [0.25, 0.3) is 0 Å². The molecule has 106 valence electrons. The van der Waals surface area contributed by atoms with Gasteiger partial charge in [0.2, 0.25) is 11.8 Å². The Balaban J connectivity index is 4.87. The lowest BCUT2D eigenvalue weighted by Crippen LogP contribution is -2.46. The van der Waals surface area contributed by atoms with Gasteiger partial charge in [-0.25, -0.2) is 0 Å². The molecule has 0 aliphatic rings. The second-order valence-electron chi connectivity index (χ2n) is 6.16. The number of nitrogens with zero attached hydrogens (tertiary/aromatic N) is 1. The van der Waals surface area contributed by atoms with Gasteiger partial charge in [-0.15, -0.1) is 0 Å². The molecule has 0 saturated heterocycles. The van der Waals surface area contributed by atoms with Crippen LogP contribution >= 0.6 is 0 Å². The molecule has 2 unspecified atom stereocenters. The molecule has 4 nitrogen and oxygen atoms in total. The van der Waals surface area contributed by atoms with Crippen LogP contribution in [0.1, 0.15) is 41.5 Å². The molecule has 4 heteroatoms. The molecule has 0 radical (unpaired) electrons. The molecule has 0 spiro atoms. The number of hydrogen-bond donors (Lipinski definition) is 1. The molecule has 0 aliphatic carbocycles. The first-order valence-electron chi connectivity index (χ1n) is 6.54. The molecule has 2 atom stereocenters. The van der Waals surface area contributed by atoms with Crippen LogP contribution in [0, 0.1) is 17.3 Å². The molecular weight excluding hydrogens is 228 g/mol. The smallest absolute Gasteiger partial charge is 0.228 e. The fourth-order valence-electron chi connectivity index (χ4n) is 2.04. The van der Waals surface area contributed by atoms with E-state index < -0.39 is 5.41 Å². The van der Waals surface area contributed by atoms with Crippen molar-refractivity contribution in [3.63, 3.8) is 0 Å². The lowest BCUT2D eigenvalue weighted by Gasteiger charge is -2.36. The quantitative estimate of drug-likeness (QED) is 0.816. The lowest BCUT2D eigenvalue weighted by molar-refractivity contribution is -0.143. The van der Waals surface area contributed by atoms with Crippen molar-refractivity contribution in [2.24, 2.45) is 17.3 Å². The van der Waals surface area contributed by atoms with Gasteiger partial charge >= 0.3 is 0 Å². The predicted octanol–water partition coefficient (Wildman–Crippen LogP) is 1.90. The summed E-state index contributed by atoms with van der Waals surface area (Å²) in [6.07, 6.45) is 0. The summed E-state index contributed by atoms with van der Waals surface area (Å²) in [5, 5.41) is 2.90. The second kappa shape index (κ2) is 6.21. The highest BCUT2D eigenvalue weighted by Crippen LogP contribution is 2.34. The summed E-state index contributed by atoms with van der Waals surface area (Å²) >= 11 is 0. The Morgan fingerprint density at radius 3 is 1.83 bits per heavy atom. The molecule has 0 heterocycles. The van der Waals surface area contributed by atoms with Gasteiger partial charge in [0.05, 0.1) is 0 Å². The summed E-state index contributed by atoms with van der Waals surface area (Å²) in [5.41, 5.74) is -0.544. The molecule has 0 rings (SSSR count). The van der Waals surface area contributed by atoms with E-state index in [0.717, 1.165) is 0 Å². The highest BCUT2D eigenvalue weighted by atomic mass is 16.2. The molecule has 0 fully saturated rings. The van der Waals surface area contributed by atoms with Crippen molar-refractivity contribution in [2.75, 3.05) is 14.1 Å². The van der Waals surface area contributed by atoms with Gasteiger partial charge in [-0.05, 0) is 19.8 Å². The third kappa shape index (κ3) is 4.00. The molecular formula is C14H28N2O2. The Labute approximate surface area is 111 Å². The van der Waals surface area contributed by atoms with E-state index in [9.17, 15) is 9.59 Å². The van der Waals surface area contributed by atoms with E-state index in [0.29, 0.717) is 0 Å². The fourth-order valence-corrected chi connectivity index (χ4v) is 2.04. The zero-order chi connectivity index (χ0) is 14.7. The van der Waals surface area contributed by atoms with E-state index in [-0.39, 0.29) is 29.7 Å². The van der Waals surface area contributed by atoms with Crippen LogP contribution < -0.4 is 5.32 Å². The van der Waals surface area contributed by atoms with Gasteiger partial charge < -0.3 is 10.2 Å². The zero-order valence-corrected chi connectivity index (χ0v) is 13.0. The van der Waals surface area contributed by atoms with E-state index in [1.807, 2.05) is 41.5 Å². The SMILES string of the molecule is CC(C)NC(=O)C(C)C(C)C(C)(C)C(=O)N(C)C. The Morgan fingerprint density at radius 1 is 1.06 bits per heavy atom. The third-order valence-electron chi connectivity index (χ3n) is 3.69. The molecule has 1 N–H and O–H groups in total. The first-order chi connectivity index (χ1) is 8.01. The van der Waals surface area contributed by atoms with Gasteiger partial charge in [0.15, 0.2) is 0 Å². The lowest BCUT2D eigenvalue weighted by atomic mass is 9.72. The zero-order valence-electron chi connectivity index (χ0n) is 13.0. The van der Waals surface area contributed by atoms with E-state index in [1.165, 1.54) is 0 Å². The van der Waals surface area contributed by atoms with Gasteiger partial charge in [0, 0.05) is 31.5 Å². The van der Waals surface area contributed by atoms with Gasteiger partial charge in [-0.2, -0.15) is 0 Å². The topological polar surface area (TPSA) is 49.4 Å². The standard InChI is InChI=1S/C14H28N2O2/c1-9(2)15-12(17)10(3)11(4)14(5,6)13(18)16(7)8/h9-11H,1-8H3,(H,15,17). The van der Waals surface area contributed by atoms with Crippen LogP contribution in [-0.2, 0) is 9.59 Å². The van der Waals surface area contributed by atoms with Crippen molar-refractivity contribution >= 4 is 11.8 Å². The van der Waals surface area contributed by atoms with Crippen LogP contribution in [0.3, 0.4) is 0 Å². The van der Waals surface area contributed by atoms with E-state index in [2.05, 4.69) is 5.32 Å². The second-order valence-corrected chi connectivity index (χ2v) is 6.16. The molecule has 2 amide bonds. The number of carbonyl (C=O) groups excluding carboxylic acids is 2. The average Bonchev–Trinajstić information content (AvgIpc) is 2.24. The van der Waals surface area contributed by atoms with Crippen LogP contribution in [0.4, 0.5) is 0 Å². The Kier molecular flexibility index (Phi) is 5.84. The third-order valence-corrected chi connectivity index (χ3v) is 3.69. The minimum absolute atomic E-state index is 0.0112. The average molecular weight is 256 g/mol. The molecule has 18 heavy (non-hydrogen) atoms. The summed E-state index contributed by atoms with van der Waals surface area (Å²) in [6.45, 7) is 11.5. The van der Waals surface area contributed by atoms with Gasteiger partial charge in [-0.3, -0.25) is 9.59 Å². The summed E-state index contributed by atoms with van der Waals surface area (Å²) in [5.74, 6) is -0.145. The predicted molar refractivity (Wildman–Crippen MR) is 74.1 cm³/mol. The summed E-state index contributed by atoms with van der Waals surface area (Å²) in [6, 6.07) is 0.125. The fraction of sp³-hybridized carbons (Fsp3) is 0.857. The van der Waals surface area contributed by atoms with Crippen LogP contribution in [0.2, 0.25) is 0 Å². The van der Waals surface area contributed by atoms with Crippen molar-refractivity contribution in [1.29, 1.82) is 0 Å². The molecule has 0 aromatic heterocycles. The number of hydrogen-bond acceptors (Lipinski definition) is 2. The van der Waals surface area contributed by atoms with Crippen molar-refractivity contribution in [3.8, 4) is 0 Å². The van der Waals surface area contributed by atoms with Crippen LogP contribution in [0.15, 0.2) is 0 Å². The highest BCUT2D eigenvalue weighted by Gasteiger charge is 2.40. The Morgan fingerprint density at radius 2 is 1.50 bits per heavy atom. The van der Waals surface area contributed by atoms with E-state index in [4.69, 9.17) is 0 Å². The molecule has 0 bridgehead atoms. The van der Waals surface area contributed by atoms with Crippen molar-refractivity contribution in [2.45, 2.75) is 47.6 Å². The number of carbonyl (C=O) groups is 2. The minimum Gasteiger partial charge on any atom is -0.354 e. The summed E-state index contributed by atoms with van der Waals surface area (Å²) in [7, 11) is 3.49. The summed E-state index contributed by atoms with van der Waals surface area (Å²) in [4.78, 5) is 25.7. The van der Waals surface area contributed by atoms with Gasteiger partial charge in [-0.1, -0.05) is 27.7 Å². The molecule has 0 aliphatic heterocycles. The van der Waals surface area contributed by atoms with Crippen LogP contribution in [0.5, 0.6) is 0 Å². The Hall–Kier alpha value is -1.06. The van der Waals surface area contributed by atoms with Crippen molar-refractivity contribution in [3.05, 3.63) is 0 Å². The van der Waals surface area contributed by atoms with E-state index in [1.54, 1.807) is 19.0 Å². The monoisotopic (exact) mass is 256 g/mol. The minimum atomic E-state index is -0.544. The molecule has 0 aromatic rings. The maximum absolute atomic E-state index is 12.1. The largest absolute Gasteiger partial charge is 0.354 e. The maximum Gasteiger partial charge on any atom is 0.228 e. The first-order valence-corrected chi connectivity index (χ1v) is 6.54. The molecule has 0 aromatic carbocycles. The van der Waals surface area contributed by atoms with Crippen molar-refractivity contribution in [1.82, 2.24) is 10.2 Å².